The van der Waals surface area contributed by atoms with Crippen LogP contribution in [0.1, 0.15) is 39.5 Å². The fourth-order valence-electron chi connectivity index (χ4n) is 1.96. The van der Waals surface area contributed by atoms with Gasteiger partial charge < -0.3 is 9.62 Å². The highest BCUT2D eigenvalue weighted by Crippen LogP contribution is 2.46. The summed E-state index contributed by atoms with van der Waals surface area (Å²) in [5.41, 5.74) is -0.649. The first kappa shape index (κ1) is 18.5. The molecule has 1 saturated heterocycles. The standard InChI is InChI=1S/C15H24O4S2/c1-5-8-12(4)18-19-15(7-3,11-17-14(16)6-2)13-9-10-20-21-13/h6,13H,2,4-5,7-11H2,1,3H3. The first-order chi connectivity index (χ1) is 10.1. The molecule has 1 rings (SSSR count). The summed E-state index contributed by atoms with van der Waals surface area (Å²) in [6.07, 6.45) is 4.54. The molecule has 1 fully saturated rings. The molecule has 0 saturated carbocycles. The van der Waals surface area contributed by atoms with Gasteiger partial charge in [0, 0.05) is 18.2 Å². The third kappa shape index (κ3) is 5.60. The average Bonchev–Trinajstić information content (AvgIpc) is 3.02. The minimum atomic E-state index is -0.649. The van der Waals surface area contributed by atoms with Crippen LogP contribution in [-0.2, 0) is 19.3 Å². The second kappa shape index (κ2) is 9.43. The fourth-order valence-corrected chi connectivity index (χ4v) is 5.25. The Bertz CT molecular complexity index is 367. The van der Waals surface area contributed by atoms with Gasteiger partial charge in [-0.2, -0.15) is 4.89 Å². The van der Waals surface area contributed by atoms with Crippen LogP contribution in [0.2, 0.25) is 0 Å². The normalized spacial score (nSPS) is 20.6. The molecule has 0 aliphatic carbocycles. The minimum Gasteiger partial charge on any atom is -0.459 e. The maximum Gasteiger partial charge on any atom is 0.330 e. The third-order valence-electron chi connectivity index (χ3n) is 3.31. The molecule has 0 aromatic carbocycles. The lowest BCUT2D eigenvalue weighted by molar-refractivity contribution is -0.344. The van der Waals surface area contributed by atoms with Gasteiger partial charge in [0.25, 0.3) is 0 Å². The molecule has 0 bridgehead atoms. The van der Waals surface area contributed by atoms with Crippen LogP contribution in [0.5, 0.6) is 0 Å². The summed E-state index contributed by atoms with van der Waals surface area (Å²) in [6.45, 7) is 11.5. The van der Waals surface area contributed by atoms with Crippen molar-refractivity contribution < 1.29 is 19.3 Å². The Labute approximate surface area is 135 Å². The summed E-state index contributed by atoms with van der Waals surface area (Å²) in [7, 11) is 3.57. The van der Waals surface area contributed by atoms with Crippen molar-refractivity contribution in [1.29, 1.82) is 0 Å². The molecule has 1 heterocycles. The van der Waals surface area contributed by atoms with E-state index in [4.69, 9.17) is 14.5 Å². The molecule has 6 heteroatoms. The summed E-state index contributed by atoms with van der Waals surface area (Å²) >= 11 is 0. The first-order valence-electron chi connectivity index (χ1n) is 7.19. The monoisotopic (exact) mass is 332 g/mol. The number of carbonyl (C=O) groups is 1. The van der Waals surface area contributed by atoms with E-state index < -0.39 is 11.6 Å². The van der Waals surface area contributed by atoms with Crippen LogP contribution < -0.4 is 0 Å². The van der Waals surface area contributed by atoms with E-state index in [9.17, 15) is 4.79 Å². The zero-order valence-electron chi connectivity index (χ0n) is 12.8. The van der Waals surface area contributed by atoms with Gasteiger partial charge >= 0.3 is 5.97 Å². The zero-order valence-corrected chi connectivity index (χ0v) is 14.4. The van der Waals surface area contributed by atoms with Crippen LogP contribution in [0.15, 0.2) is 25.0 Å². The Morgan fingerprint density at radius 1 is 1.48 bits per heavy atom. The van der Waals surface area contributed by atoms with Crippen molar-refractivity contribution in [2.45, 2.75) is 50.4 Å². The molecule has 21 heavy (non-hydrogen) atoms. The van der Waals surface area contributed by atoms with Gasteiger partial charge in [-0.25, -0.2) is 4.79 Å². The van der Waals surface area contributed by atoms with Gasteiger partial charge in [-0.05, 0) is 19.3 Å². The second-order valence-corrected chi connectivity index (χ2v) is 7.57. The number of allylic oxidation sites excluding steroid dienone is 1. The molecule has 2 atom stereocenters. The highest BCUT2D eigenvalue weighted by Gasteiger charge is 2.44. The van der Waals surface area contributed by atoms with E-state index in [0.717, 1.165) is 31.1 Å². The lowest BCUT2D eigenvalue weighted by atomic mass is 9.95. The molecule has 1 aliphatic rings. The van der Waals surface area contributed by atoms with Crippen LogP contribution in [0, 0.1) is 0 Å². The van der Waals surface area contributed by atoms with Gasteiger partial charge in [-0.15, -0.1) is 0 Å². The molecule has 0 aromatic heterocycles. The maximum atomic E-state index is 11.4. The number of hydrogen-bond acceptors (Lipinski definition) is 6. The van der Waals surface area contributed by atoms with E-state index in [0.29, 0.717) is 12.2 Å². The second-order valence-electron chi connectivity index (χ2n) is 4.88. The van der Waals surface area contributed by atoms with E-state index in [-0.39, 0.29) is 11.9 Å². The number of esters is 1. The third-order valence-corrected chi connectivity index (χ3v) is 6.35. The van der Waals surface area contributed by atoms with Gasteiger partial charge in [0.1, 0.15) is 12.4 Å². The Morgan fingerprint density at radius 2 is 2.24 bits per heavy atom. The molecule has 0 N–H and O–H groups in total. The van der Waals surface area contributed by atoms with Crippen molar-refractivity contribution in [3.8, 4) is 0 Å². The predicted octanol–water partition coefficient (Wildman–Crippen LogP) is 4.28. The van der Waals surface area contributed by atoms with Crippen molar-refractivity contribution in [3.05, 3.63) is 25.0 Å². The lowest BCUT2D eigenvalue weighted by Crippen LogP contribution is -2.46. The van der Waals surface area contributed by atoms with Gasteiger partial charge in [0.15, 0.2) is 5.60 Å². The zero-order chi connectivity index (χ0) is 15.7. The van der Waals surface area contributed by atoms with E-state index in [1.165, 1.54) is 0 Å². The van der Waals surface area contributed by atoms with Gasteiger partial charge in [0.2, 0.25) is 0 Å². The Kier molecular flexibility index (Phi) is 8.29. The molecule has 2 unspecified atom stereocenters. The van der Waals surface area contributed by atoms with Crippen LogP contribution >= 0.6 is 21.6 Å². The van der Waals surface area contributed by atoms with E-state index in [1.807, 2.05) is 6.92 Å². The smallest absolute Gasteiger partial charge is 0.330 e. The summed E-state index contributed by atoms with van der Waals surface area (Å²) < 4.78 is 5.24. The van der Waals surface area contributed by atoms with Crippen LogP contribution in [-0.4, -0.2) is 29.2 Å². The van der Waals surface area contributed by atoms with Crippen molar-refractivity contribution in [2.24, 2.45) is 0 Å². The predicted molar refractivity (Wildman–Crippen MR) is 88.9 cm³/mol. The lowest BCUT2D eigenvalue weighted by Gasteiger charge is -2.34. The molecule has 1 aliphatic heterocycles. The summed E-state index contributed by atoms with van der Waals surface area (Å²) in [5.74, 6) is 1.21. The molecule has 0 radical (unpaired) electrons. The number of rotatable bonds is 10. The van der Waals surface area contributed by atoms with Crippen molar-refractivity contribution >= 4 is 27.6 Å². The van der Waals surface area contributed by atoms with Crippen LogP contribution in [0.3, 0.4) is 0 Å². The van der Waals surface area contributed by atoms with E-state index >= 15 is 0 Å². The Hall–Kier alpha value is -0.590. The SMILES string of the molecule is C=CC(=O)OCC(CC)(OOC(=C)CCC)C1CCSS1. The van der Waals surface area contributed by atoms with Crippen LogP contribution in [0.4, 0.5) is 0 Å². The van der Waals surface area contributed by atoms with Gasteiger partial charge in [-0.1, -0.05) is 48.6 Å². The molecular formula is C15H24O4S2. The summed E-state index contributed by atoms with van der Waals surface area (Å²) in [6, 6.07) is 0. The highest BCUT2D eigenvalue weighted by atomic mass is 33.1. The van der Waals surface area contributed by atoms with Gasteiger partial charge in [-0.3, -0.25) is 0 Å². The minimum absolute atomic E-state index is 0.159. The number of hydrogen-bond donors (Lipinski definition) is 0. The fraction of sp³-hybridized carbons (Fsp3) is 0.667. The molecule has 0 spiro atoms. The van der Waals surface area contributed by atoms with Crippen molar-refractivity contribution in [1.82, 2.24) is 0 Å². The quantitative estimate of drug-likeness (QED) is 0.149. The average molecular weight is 332 g/mol. The van der Waals surface area contributed by atoms with Crippen LogP contribution in [0.25, 0.3) is 0 Å². The molecule has 120 valence electrons. The van der Waals surface area contributed by atoms with E-state index in [1.54, 1.807) is 21.6 Å². The first-order valence-corrected chi connectivity index (χ1v) is 9.57. The summed E-state index contributed by atoms with van der Waals surface area (Å²) in [4.78, 5) is 22.5. The van der Waals surface area contributed by atoms with Gasteiger partial charge in [0.05, 0.1) is 5.25 Å². The topological polar surface area (TPSA) is 44.8 Å². The molecule has 0 aromatic rings. The Balaban J connectivity index is 2.72. The number of carbonyl (C=O) groups excluding carboxylic acids is 1. The maximum absolute atomic E-state index is 11.4. The summed E-state index contributed by atoms with van der Waals surface area (Å²) in [5, 5.41) is 0.222. The Morgan fingerprint density at radius 3 is 2.76 bits per heavy atom. The largest absolute Gasteiger partial charge is 0.459 e. The molecular weight excluding hydrogens is 308 g/mol. The molecule has 4 nitrogen and oxygen atoms in total. The molecule has 0 amide bonds. The van der Waals surface area contributed by atoms with E-state index in [2.05, 4.69) is 20.1 Å². The van der Waals surface area contributed by atoms with Crippen molar-refractivity contribution in [2.75, 3.05) is 12.4 Å². The number of ether oxygens (including phenoxy) is 1. The highest BCUT2D eigenvalue weighted by molar-refractivity contribution is 8.77. The van der Waals surface area contributed by atoms with Crippen molar-refractivity contribution in [3.63, 3.8) is 0 Å².